The standard InChI is InChI=1S/C6H11NO3/c1-7-5(6(9)10)3-2-4-8/h4-5,7H,2-3H2,1H3,(H,9,10)/t5-/m0/s1. The highest BCUT2D eigenvalue weighted by atomic mass is 16.4. The molecule has 0 radical (unpaired) electrons. The maximum Gasteiger partial charge on any atom is 0.320 e. The van der Waals surface area contributed by atoms with Gasteiger partial charge in [-0.25, -0.2) is 0 Å². The van der Waals surface area contributed by atoms with Gasteiger partial charge in [0.1, 0.15) is 12.3 Å². The van der Waals surface area contributed by atoms with Gasteiger partial charge in [-0.1, -0.05) is 0 Å². The van der Waals surface area contributed by atoms with Crippen molar-refractivity contribution in [1.82, 2.24) is 5.32 Å². The van der Waals surface area contributed by atoms with Crippen molar-refractivity contribution in [2.24, 2.45) is 0 Å². The van der Waals surface area contributed by atoms with Crippen molar-refractivity contribution in [3.63, 3.8) is 0 Å². The third-order valence-electron chi connectivity index (χ3n) is 1.22. The summed E-state index contributed by atoms with van der Waals surface area (Å²) < 4.78 is 0. The van der Waals surface area contributed by atoms with E-state index in [9.17, 15) is 9.59 Å². The molecule has 0 aliphatic rings. The van der Waals surface area contributed by atoms with Crippen molar-refractivity contribution in [3.05, 3.63) is 0 Å². The molecule has 0 aromatic carbocycles. The fraction of sp³-hybridized carbons (Fsp3) is 0.667. The molecule has 2 N–H and O–H groups in total. The summed E-state index contributed by atoms with van der Waals surface area (Å²) in [7, 11) is 1.56. The van der Waals surface area contributed by atoms with Gasteiger partial charge in [-0.3, -0.25) is 4.79 Å². The van der Waals surface area contributed by atoms with Gasteiger partial charge in [0.2, 0.25) is 0 Å². The van der Waals surface area contributed by atoms with Crippen LogP contribution in [0.3, 0.4) is 0 Å². The van der Waals surface area contributed by atoms with Crippen LogP contribution in [0, 0.1) is 0 Å². The number of carbonyl (C=O) groups is 2. The Morgan fingerprint density at radius 2 is 2.40 bits per heavy atom. The number of aliphatic carboxylic acids is 1. The average molecular weight is 145 g/mol. The van der Waals surface area contributed by atoms with Gasteiger partial charge in [0.05, 0.1) is 0 Å². The van der Waals surface area contributed by atoms with Gasteiger partial charge >= 0.3 is 5.97 Å². The second-order valence-corrected chi connectivity index (χ2v) is 1.92. The number of rotatable bonds is 5. The number of hydrogen-bond acceptors (Lipinski definition) is 3. The first-order valence-corrected chi connectivity index (χ1v) is 3.06. The minimum atomic E-state index is -0.913. The van der Waals surface area contributed by atoms with Crippen LogP contribution in [0.4, 0.5) is 0 Å². The van der Waals surface area contributed by atoms with Crippen molar-refractivity contribution < 1.29 is 14.7 Å². The maximum absolute atomic E-state index is 10.3. The summed E-state index contributed by atoms with van der Waals surface area (Å²) in [6.45, 7) is 0. The lowest BCUT2D eigenvalue weighted by Gasteiger charge is -2.07. The Bertz CT molecular complexity index is 124. The Morgan fingerprint density at radius 1 is 1.80 bits per heavy atom. The fourth-order valence-corrected chi connectivity index (χ4v) is 0.626. The molecule has 1 atom stereocenters. The number of likely N-dealkylation sites (N-methyl/N-ethyl adjacent to an activating group) is 1. The first-order valence-electron chi connectivity index (χ1n) is 3.06. The summed E-state index contributed by atoms with van der Waals surface area (Å²) in [4.78, 5) is 20.1. The molecule has 0 aromatic rings. The van der Waals surface area contributed by atoms with Crippen molar-refractivity contribution in [1.29, 1.82) is 0 Å². The Hall–Kier alpha value is -0.900. The Labute approximate surface area is 59.2 Å². The number of hydrogen-bond donors (Lipinski definition) is 2. The van der Waals surface area contributed by atoms with E-state index < -0.39 is 12.0 Å². The Morgan fingerprint density at radius 3 is 2.70 bits per heavy atom. The van der Waals surface area contributed by atoms with Crippen LogP contribution in [0.25, 0.3) is 0 Å². The smallest absolute Gasteiger partial charge is 0.320 e. The number of aldehydes is 1. The van der Waals surface area contributed by atoms with Crippen LogP contribution in [0.15, 0.2) is 0 Å². The molecule has 0 saturated heterocycles. The van der Waals surface area contributed by atoms with E-state index in [1.807, 2.05) is 0 Å². The van der Waals surface area contributed by atoms with Gasteiger partial charge in [0.25, 0.3) is 0 Å². The molecule has 10 heavy (non-hydrogen) atoms. The minimum absolute atomic E-state index is 0.289. The lowest BCUT2D eigenvalue weighted by molar-refractivity contribution is -0.139. The summed E-state index contributed by atoms with van der Waals surface area (Å²) >= 11 is 0. The normalized spacial score (nSPS) is 12.5. The monoisotopic (exact) mass is 145 g/mol. The third-order valence-corrected chi connectivity index (χ3v) is 1.22. The molecule has 0 spiro atoms. The minimum Gasteiger partial charge on any atom is -0.480 e. The van der Waals surface area contributed by atoms with E-state index in [0.29, 0.717) is 12.7 Å². The zero-order chi connectivity index (χ0) is 7.98. The first kappa shape index (κ1) is 9.10. The molecular weight excluding hydrogens is 134 g/mol. The Kier molecular flexibility index (Phi) is 4.49. The van der Waals surface area contributed by atoms with Crippen LogP contribution in [0.5, 0.6) is 0 Å². The van der Waals surface area contributed by atoms with E-state index in [-0.39, 0.29) is 6.42 Å². The van der Waals surface area contributed by atoms with E-state index in [0.717, 1.165) is 0 Å². The lowest BCUT2D eigenvalue weighted by atomic mass is 10.2. The molecular formula is C6H11NO3. The molecule has 0 bridgehead atoms. The van der Waals surface area contributed by atoms with Crippen molar-refractivity contribution in [2.45, 2.75) is 18.9 Å². The van der Waals surface area contributed by atoms with Gasteiger partial charge in [-0.05, 0) is 13.5 Å². The van der Waals surface area contributed by atoms with Crippen LogP contribution in [-0.4, -0.2) is 30.5 Å². The predicted molar refractivity (Wildman–Crippen MR) is 35.8 cm³/mol. The number of carbonyl (C=O) groups excluding carboxylic acids is 1. The Balaban J connectivity index is 3.60. The van der Waals surface area contributed by atoms with Crippen molar-refractivity contribution in [3.8, 4) is 0 Å². The molecule has 0 saturated carbocycles. The fourth-order valence-electron chi connectivity index (χ4n) is 0.626. The van der Waals surface area contributed by atoms with Crippen LogP contribution in [-0.2, 0) is 9.59 Å². The summed E-state index contributed by atoms with van der Waals surface area (Å²) in [5.41, 5.74) is 0. The van der Waals surface area contributed by atoms with Gasteiger partial charge < -0.3 is 15.2 Å². The maximum atomic E-state index is 10.3. The highest BCUT2D eigenvalue weighted by Gasteiger charge is 2.12. The molecule has 0 fully saturated rings. The topological polar surface area (TPSA) is 66.4 Å². The van der Waals surface area contributed by atoms with Crippen LogP contribution in [0.1, 0.15) is 12.8 Å². The van der Waals surface area contributed by atoms with Crippen molar-refractivity contribution in [2.75, 3.05) is 7.05 Å². The molecule has 0 heterocycles. The number of carboxylic acid groups (broad SMARTS) is 1. The molecule has 0 aromatic heterocycles. The SMILES string of the molecule is CN[C@@H](CCC=O)C(=O)O. The van der Waals surface area contributed by atoms with Gasteiger partial charge in [-0.15, -0.1) is 0 Å². The summed E-state index contributed by atoms with van der Waals surface area (Å²) in [5, 5.41) is 11.0. The molecule has 0 aliphatic heterocycles. The first-order chi connectivity index (χ1) is 4.72. The molecule has 0 rings (SSSR count). The summed E-state index contributed by atoms with van der Waals surface area (Å²) in [6.07, 6.45) is 1.36. The second-order valence-electron chi connectivity index (χ2n) is 1.92. The van der Waals surface area contributed by atoms with E-state index in [1.54, 1.807) is 7.05 Å². The molecule has 0 unspecified atom stereocenters. The second kappa shape index (κ2) is 4.93. The zero-order valence-electron chi connectivity index (χ0n) is 5.83. The lowest BCUT2D eigenvalue weighted by Crippen LogP contribution is -2.33. The van der Waals surface area contributed by atoms with Gasteiger partial charge in [0, 0.05) is 6.42 Å². The van der Waals surface area contributed by atoms with E-state index in [1.165, 1.54) is 0 Å². The molecule has 4 heteroatoms. The summed E-state index contributed by atoms with van der Waals surface area (Å²) in [6, 6.07) is -0.592. The molecule has 4 nitrogen and oxygen atoms in total. The van der Waals surface area contributed by atoms with Crippen LogP contribution >= 0.6 is 0 Å². The average Bonchev–Trinajstić information content (AvgIpc) is 1.89. The van der Waals surface area contributed by atoms with E-state index >= 15 is 0 Å². The zero-order valence-corrected chi connectivity index (χ0v) is 5.83. The highest BCUT2D eigenvalue weighted by Crippen LogP contribution is 1.93. The van der Waals surface area contributed by atoms with E-state index in [2.05, 4.69) is 5.32 Å². The van der Waals surface area contributed by atoms with Crippen LogP contribution < -0.4 is 5.32 Å². The highest BCUT2D eigenvalue weighted by molar-refractivity contribution is 5.73. The molecule has 0 amide bonds. The predicted octanol–water partition coefficient (Wildman–Crippen LogP) is -0.362. The molecule has 0 aliphatic carbocycles. The van der Waals surface area contributed by atoms with E-state index in [4.69, 9.17) is 5.11 Å². The summed E-state index contributed by atoms with van der Waals surface area (Å²) in [5.74, 6) is -0.913. The quantitative estimate of drug-likeness (QED) is 0.518. The third kappa shape index (κ3) is 3.19. The van der Waals surface area contributed by atoms with Gasteiger partial charge in [-0.2, -0.15) is 0 Å². The molecule has 58 valence electrons. The number of carboxylic acids is 1. The number of nitrogens with one attached hydrogen (secondary N) is 1. The van der Waals surface area contributed by atoms with Crippen LogP contribution in [0.2, 0.25) is 0 Å². The largest absolute Gasteiger partial charge is 0.480 e. The van der Waals surface area contributed by atoms with Crippen molar-refractivity contribution >= 4 is 12.3 Å². The van der Waals surface area contributed by atoms with Gasteiger partial charge in [0.15, 0.2) is 0 Å².